The van der Waals surface area contributed by atoms with Gasteiger partial charge < -0.3 is 10.1 Å². The van der Waals surface area contributed by atoms with Crippen molar-refractivity contribution in [3.05, 3.63) is 34.9 Å². The normalized spacial score (nSPS) is 18.7. The first kappa shape index (κ1) is 13.8. The molecule has 1 amide bonds. The van der Waals surface area contributed by atoms with Gasteiger partial charge in [-0.1, -0.05) is 12.1 Å². The first-order valence-electron chi connectivity index (χ1n) is 7.13. The van der Waals surface area contributed by atoms with E-state index in [1.807, 2.05) is 18.2 Å². The second-order valence-corrected chi connectivity index (χ2v) is 5.71. The zero-order valence-electron chi connectivity index (χ0n) is 11.9. The van der Waals surface area contributed by atoms with Crippen LogP contribution in [0, 0.1) is 0 Å². The molecule has 1 saturated carbocycles. The fraction of sp³-hybridized carbons (Fsp3) is 0.438. The summed E-state index contributed by atoms with van der Waals surface area (Å²) in [6.07, 6.45) is 0.866. The van der Waals surface area contributed by atoms with E-state index >= 15 is 0 Å². The van der Waals surface area contributed by atoms with Gasteiger partial charge in [0, 0.05) is 30.4 Å². The molecule has 0 aromatic heterocycles. The van der Waals surface area contributed by atoms with Gasteiger partial charge in [-0.15, -0.1) is 0 Å². The van der Waals surface area contributed by atoms with E-state index in [4.69, 9.17) is 4.74 Å². The minimum atomic E-state index is -0.499. The van der Waals surface area contributed by atoms with E-state index < -0.39 is 5.41 Å². The van der Waals surface area contributed by atoms with Crippen molar-refractivity contribution in [3.63, 3.8) is 0 Å². The van der Waals surface area contributed by atoms with E-state index in [0.717, 1.165) is 11.1 Å². The van der Waals surface area contributed by atoms with Crippen molar-refractivity contribution < 1.29 is 19.1 Å². The van der Waals surface area contributed by atoms with Crippen LogP contribution in [0.15, 0.2) is 18.2 Å². The molecule has 1 aromatic carbocycles. The van der Waals surface area contributed by atoms with E-state index in [1.54, 1.807) is 6.92 Å². The number of esters is 1. The molecule has 5 heteroatoms. The van der Waals surface area contributed by atoms with E-state index in [1.165, 1.54) is 0 Å². The van der Waals surface area contributed by atoms with Crippen molar-refractivity contribution in [3.8, 4) is 0 Å². The number of hydrogen-bond acceptors (Lipinski definition) is 4. The summed E-state index contributed by atoms with van der Waals surface area (Å²) in [4.78, 5) is 35.1. The number of nitrogens with one attached hydrogen (secondary N) is 1. The van der Waals surface area contributed by atoms with Gasteiger partial charge in [-0.05, 0) is 24.1 Å². The van der Waals surface area contributed by atoms with Crippen LogP contribution in [0.2, 0.25) is 0 Å². The highest BCUT2D eigenvalue weighted by molar-refractivity contribution is 5.99. The highest BCUT2D eigenvalue weighted by atomic mass is 16.5. The van der Waals surface area contributed by atoms with Gasteiger partial charge in [-0.3, -0.25) is 14.4 Å². The van der Waals surface area contributed by atoms with Crippen molar-refractivity contribution in [1.82, 2.24) is 5.32 Å². The topological polar surface area (TPSA) is 72.5 Å². The fourth-order valence-electron chi connectivity index (χ4n) is 3.17. The molecule has 1 aliphatic heterocycles. The highest BCUT2D eigenvalue weighted by Crippen LogP contribution is 2.45. The van der Waals surface area contributed by atoms with Crippen LogP contribution in [0.25, 0.3) is 0 Å². The predicted molar refractivity (Wildman–Crippen MR) is 74.8 cm³/mol. The van der Waals surface area contributed by atoms with E-state index in [9.17, 15) is 14.4 Å². The van der Waals surface area contributed by atoms with Crippen molar-refractivity contribution in [2.75, 3.05) is 6.61 Å². The molecule has 0 radical (unpaired) electrons. The molecule has 0 bridgehead atoms. The molecule has 3 rings (SSSR count). The third kappa shape index (κ3) is 2.33. The van der Waals surface area contributed by atoms with Gasteiger partial charge in [0.2, 0.25) is 0 Å². The van der Waals surface area contributed by atoms with Crippen LogP contribution < -0.4 is 5.32 Å². The maximum absolute atomic E-state index is 11.8. The maximum Gasteiger partial charge on any atom is 0.306 e. The lowest BCUT2D eigenvalue weighted by atomic mass is 9.61. The highest BCUT2D eigenvalue weighted by Gasteiger charge is 2.47. The number of carbonyl (C=O) groups excluding carboxylic acids is 3. The van der Waals surface area contributed by atoms with Crippen molar-refractivity contribution >= 4 is 17.7 Å². The Kier molecular flexibility index (Phi) is 3.27. The second-order valence-electron chi connectivity index (χ2n) is 5.71. The Hall–Kier alpha value is -2.17. The van der Waals surface area contributed by atoms with Gasteiger partial charge in [0.1, 0.15) is 5.78 Å². The summed E-state index contributed by atoms with van der Waals surface area (Å²) in [5.41, 5.74) is 1.99. The number of Topliss-reactive ketones (excluding diaryl/α,β-unsaturated/α-hetero) is 1. The molecule has 0 saturated heterocycles. The Morgan fingerprint density at radius 2 is 2.10 bits per heavy atom. The van der Waals surface area contributed by atoms with E-state index in [2.05, 4.69) is 5.32 Å². The fourth-order valence-corrected chi connectivity index (χ4v) is 3.17. The van der Waals surface area contributed by atoms with Gasteiger partial charge in [0.15, 0.2) is 0 Å². The molecule has 1 fully saturated rings. The molecule has 1 heterocycles. The quantitative estimate of drug-likeness (QED) is 0.851. The van der Waals surface area contributed by atoms with Crippen LogP contribution in [0.5, 0.6) is 0 Å². The molecule has 1 N–H and O–H groups in total. The van der Waals surface area contributed by atoms with Crippen LogP contribution in [-0.4, -0.2) is 24.3 Å². The molecule has 110 valence electrons. The zero-order valence-corrected chi connectivity index (χ0v) is 11.9. The number of ether oxygens (including phenoxy) is 1. The summed E-state index contributed by atoms with van der Waals surface area (Å²) in [7, 11) is 0. The number of amides is 1. The molecule has 0 unspecified atom stereocenters. The summed E-state index contributed by atoms with van der Waals surface area (Å²) >= 11 is 0. The standard InChI is InChI=1S/C16H17NO4/c1-2-21-14(19)8-16(6-12(18)7-16)11-4-3-10-9-17-15(20)13(10)5-11/h3-5H,2,6-9H2,1H3,(H,17,20). The summed E-state index contributed by atoms with van der Waals surface area (Å²) < 4.78 is 5.01. The van der Waals surface area contributed by atoms with Gasteiger partial charge in [-0.25, -0.2) is 0 Å². The Morgan fingerprint density at radius 1 is 1.33 bits per heavy atom. The van der Waals surface area contributed by atoms with Crippen LogP contribution in [0.3, 0.4) is 0 Å². The van der Waals surface area contributed by atoms with Crippen LogP contribution in [-0.2, 0) is 26.3 Å². The molecule has 0 atom stereocenters. The van der Waals surface area contributed by atoms with Crippen molar-refractivity contribution in [2.45, 2.75) is 38.1 Å². The van der Waals surface area contributed by atoms with Gasteiger partial charge in [0.05, 0.1) is 13.0 Å². The lowest BCUT2D eigenvalue weighted by molar-refractivity contribution is -0.147. The smallest absolute Gasteiger partial charge is 0.306 e. The monoisotopic (exact) mass is 287 g/mol. The minimum absolute atomic E-state index is 0.0937. The third-order valence-electron chi connectivity index (χ3n) is 4.27. The first-order chi connectivity index (χ1) is 10.0. The SMILES string of the molecule is CCOC(=O)CC1(c2ccc3c(c2)C(=O)NC3)CC(=O)C1. The number of benzene rings is 1. The van der Waals surface area contributed by atoms with Crippen molar-refractivity contribution in [2.24, 2.45) is 0 Å². The molecule has 2 aliphatic rings. The van der Waals surface area contributed by atoms with E-state index in [0.29, 0.717) is 31.6 Å². The first-order valence-corrected chi connectivity index (χ1v) is 7.13. The Labute approximate surface area is 122 Å². The maximum atomic E-state index is 11.8. The average molecular weight is 287 g/mol. The Morgan fingerprint density at radius 3 is 2.76 bits per heavy atom. The Bertz CT molecular complexity index is 627. The van der Waals surface area contributed by atoms with E-state index in [-0.39, 0.29) is 24.1 Å². The van der Waals surface area contributed by atoms with Crippen LogP contribution in [0.4, 0.5) is 0 Å². The number of rotatable bonds is 4. The molecule has 1 aliphatic carbocycles. The second kappa shape index (κ2) is 4.98. The number of carbonyl (C=O) groups is 3. The molecule has 21 heavy (non-hydrogen) atoms. The van der Waals surface area contributed by atoms with Gasteiger partial charge in [0.25, 0.3) is 5.91 Å². The lowest BCUT2D eigenvalue weighted by Crippen LogP contribution is -2.43. The number of fused-ring (bicyclic) bond motifs is 1. The molecular weight excluding hydrogens is 270 g/mol. The Balaban J connectivity index is 1.91. The third-order valence-corrected chi connectivity index (χ3v) is 4.27. The van der Waals surface area contributed by atoms with Crippen molar-refractivity contribution in [1.29, 1.82) is 0 Å². The zero-order chi connectivity index (χ0) is 15.0. The number of ketones is 1. The largest absolute Gasteiger partial charge is 0.466 e. The number of hydrogen-bond donors (Lipinski definition) is 1. The predicted octanol–water partition coefficient (Wildman–Crippen LogP) is 1.48. The molecule has 5 nitrogen and oxygen atoms in total. The van der Waals surface area contributed by atoms with Crippen LogP contribution in [0.1, 0.15) is 47.7 Å². The summed E-state index contributed by atoms with van der Waals surface area (Å²) in [6.45, 7) is 2.63. The van der Waals surface area contributed by atoms with Crippen LogP contribution >= 0.6 is 0 Å². The van der Waals surface area contributed by atoms with Gasteiger partial charge >= 0.3 is 5.97 Å². The van der Waals surface area contributed by atoms with Gasteiger partial charge in [-0.2, -0.15) is 0 Å². The summed E-state index contributed by atoms with van der Waals surface area (Å²) in [6, 6.07) is 5.65. The summed E-state index contributed by atoms with van der Waals surface area (Å²) in [5.74, 6) is -0.247. The average Bonchev–Trinajstić information content (AvgIpc) is 2.78. The molecular formula is C16H17NO4. The molecule has 1 aromatic rings. The minimum Gasteiger partial charge on any atom is -0.466 e. The lowest BCUT2D eigenvalue weighted by Gasteiger charge is -2.40. The summed E-state index contributed by atoms with van der Waals surface area (Å²) in [5, 5.41) is 2.77. The molecule has 0 spiro atoms.